The minimum absolute atomic E-state index is 0.146. The second-order valence-corrected chi connectivity index (χ2v) is 4.70. The molecule has 0 aliphatic carbocycles. The summed E-state index contributed by atoms with van der Waals surface area (Å²) in [5, 5.41) is 1.49. The van der Waals surface area contributed by atoms with Gasteiger partial charge in [-0.3, -0.25) is 9.78 Å². The van der Waals surface area contributed by atoms with Gasteiger partial charge in [0.2, 0.25) is 5.78 Å². The maximum absolute atomic E-state index is 12.4. The number of ketones is 1. The molecule has 0 spiro atoms. The summed E-state index contributed by atoms with van der Waals surface area (Å²) in [6, 6.07) is 8.66. The Labute approximate surface area is 114 Å². The van der Waals surface area contributed by atoms with Crippen LogP contribution in [0.5, 0.6) is 0 Å². The maximum atomic E-state index is 12.4. The van der Waals surface area contributed by atoms with Gasteiger partial charge >= 0.3 is 0 Å². The lowest BCUT2D eigenvalue weighted by Crippen LogP contribution is -2.01. The Morgan fingerprint density at radius 2 is 1.95 bits per heavy atom. The Morgan fingerprint density at radius 3 is 2.68 bits per heavy atom. The molecule has 3 aromatic rings. The summed E-state index contributed by atoms with van der Waals surface area (Å²) >= 11 is 5.96. The average Bonchev–Trinajstić information content (AvgIpc) is 2.76. The molecule has 0 atom stereocenters. The highest BCUT2D eigenvalue weighted by molar-refractivity contribution is 6.31. The molecule has 0 bridgehead atoms. The number of pyridine rings is 1. The van der Waals surface area contributed by atoms with Crippen molar-refractivity contribution in [1.82, 2.24) is 4.98 Å². The molecule has 0 saturated carbocycles. The standard InChI is InChI=1S/C15H10ClNO2/c1-9-12-8-11(16)2-3-13(12)19-15(9)14(18)10-4-6-17-7-5-10/h2-8H,1H3. The molecule has 94 valence electrons. The number of rotatable bonds is 2. The molecule has 1 aromatic carbocycles. The van der Waals surface area contributed by atoms with E-state index in [9.17, 15) is 4.79 Å². The number of furan rings is 1. The summed E-state index contributed by atoms with van der Waals surface area (Å²) in [6.45, 7) is 1.86. The molecule has 0 radical (unpaired) electrons. The lowest BCUT2D eigenvalue weighted by molar-refractivity contribution is 0.101. The molecule has 0 unspecified atom stereocenters. The van der Waals surface area contributed by atoms with E-state index in [0.717, 1.165) is 10.9 Å². The fourth-order valence-corrected chi connectivity index (χ4v) is 2.22. The van der Waals surface area contributed by atoms with Crippen LogP contribution in [0.25, 0.3) is 11.0 Å². The first kappa shape index (κ1) is 11.9. The van der Waals surface area contributed by atoms with Gasteiger partial charge in [0, 0.05) is 33.9 Å². The van der Waals surface area contributed by atoms with E-state index in [-0.39, 0.29) is 5.78 Å². The van der Waals surface area contributed by atoms with Crippen LogP contribution < -0.4 is 0 Å². The minimum Gasteiger partial charge on any atom is -0.452 e. The number of aryl methyl sites for hydroxylation is 1. The summed E-state index contributed by atoms with van der Waals surface area (Å²) in [5.41, 5.74) is 2.03. The molecule has 3 rings (SSSR count). The smallest absolute Gasteiger partial charge is 0.228 e. The molecule has 2 heterocycles. The highest BCUT2D eigenvalue weighted by Crippen LogP contribution is 2.29. The molecule has 0 amide bonds. The number of aromatic nitrogens is 1. The number of benzene rings is 1. The lowest BCUT2D eigenvalue weighted by Gasteiger charge is -1.97. The van der Waals surface area contributed by atoms with Crippen molar-refractivity contribution in [3.05, 3.63) is 64.6 Å². The summed E-state index contributed by atoms with van der Waals surface area (Å²) in [6.07, 6.45) is 3.17. The van der Waals surface area contributed by atoms with Gasteiger partial charge < -0.3 is 4.42 Å². The van der Waals surface area contributed by atoms with Crippen molar-refractivity contribution in [3.63, 3.8) is 0 Å². The molecule has 0 saturated heterocycles. The first-order valence-electron chi connectivity index (χ1n) is 5.80. The molecule has 4 heteroatoms. The fraction of sp³-hybridized carbons (Fsp3) is 0.0667. The van der Waals surface area contributed by atoms with E-state index in [0.29, 0.717) is 21.9 Å². The molecule has 2 aromatic heterocycles. The van der Waals surface area contributed by atoms with Gasteiger partial charge in [0.1, 0.15) is 5.58 Å². The topological polar surface area (TPSA) is 43.1 Å². The Morgan fingerprint density at radius 1 is 1.21 bits per heavy atom. The summed E-state index contributed by atoms with van der Waals surface area (Å²) in [4.78, 5) is 16.3. The number of fused-ring (bicyclic) bond motifs is 1. The first-order chi connectivity index (χ1) is 9.16. The Bertz CT molecular complexity index is 762. The molecule has 0 aliphatic heterocycles. The second-order valence-electron chi connectivity index (χ2n) is 4.26. The largest absolute Gasteiger partial charge is 0.452 e. The summed E-state index contributed by atoms with van der Waals surface area (Å²) < 4.78 is 5.64. The minimum atomic E-state index is -0.146. The van der Waals surface area contributed by atoms with E-state index in [1.54, 1.807) is 42.7 Å². The van der Waals surface area contributed by atoms with Gasteiger partial charge in [-0.15, -0.1) is 0 Å². The number of hydrogen-bond donors (Lipinski definition) is 0. The number of halogens is 1. The highest BCUT2D eigenvalue weighted by Gasteiger charge is 2.19. The van der Waals surface area contributed by atoms with Crippen LogP contribution >= 0.6 is 11.6 Å². The van der Waals surface area contributed by atoms with Gasteiger partial charge in [-0.25, -0.2) is 0 Å². The van der Waals surface area contributed by atoms with Gasteiger partial charge in [-0.2, -0.15) is 0 Å². The Hall–Kier alpha value is -2.13. The van der Waals surface area contributed by atoms with Crippen LogP contribution in [0.4, 0.5) is 0 Å². The van der Waals surface area contributed by atoms with Crippen molar-refractivity contribution in [3.8, 4) is 0 Å². The highest BCUT2D eigenvalue weighted by atomic mass is 35.5. The molecular weight excluding hydrogens is 262 g/mol. The van der Waals surface area contributed by atoms with E-state index in [1.807, 2.05) is 6.92 Å². The van der Waals surface area contributed by atoms with Crippen molar-refractivity contribution >= 4 is 28.4 Å². The predicted molar refractivity (Wildman–Crippen MR) is 73.6 cm³/mol. The van der Waals surface area contributed by atoms with Gasteiger partial charge in [0.15, 0.2) is 5.76 Å². The maximum Gasteiger partial charge on any atom is 0.228 e. The van der Waals surface area contributed by atoms with E-state index >= 15 is 0 Å². The zero-order chi connectivity index (χ0) is 13.4. The van der Waals surface area contributed by atoms with Crippen molar-refractivity contribution < 1.29 is 9.21 Å². The number of carbonyl (C=O) groups is 1. The van der Waals surface area contributed by atoms with Crippen molar-refractivity contribution in [2.24, 2.45) is 0 Å². The molecule has 3 nitrogen and oxygen atoms in total. The molecule has 19 heavy (non-hydrogen) atoms. The van der Waals surface area contributed by atoms with Crippen LogP contribution in [0.2, 0.25) is 5.02 Å². The van der Waals surface area contributed by atoms with Crippen LogP contribution in [-0.2, 0) is 0 Å². The predicted octanol–water partition coefficient (Wildman–Crippen LogP) is 4.02. The number of carbonyl (C=O) groups excluding carboxylic acids is 1. The van der Waals surface area contributed by atoms with Crippen molar-refractivity contribution in [2.75, 3.05) is 0 Å². The van der Waals surface area contributed by atoms with Gasteiger partial charge in [0.25, 0.3) is 0 Å². The van der Waals surface area contributed by atoms with E-state index < -0.39 is 0 Å². The van der Waals surface area contributed by atoms with Crippen molar-refractivity contribution in [1.29, 1.82) is 0 Å². The van der Waals surface area contributed by atoms with Gasteiger partial charge in [-0.1, -0.05) is 11.6 Å². The third kappa shape index (κ3) is 2.02. The van der Waals surface area contributed by atoms with Gasteiger partial charge in [-0.05, 0) is 37.3 Å². The third-order valence-corrected chi connectivity index (χ3v) is 3.28. The van der Waals surface area contributed by atoms with E-state index in [4.69, 9.17) is 16.0 Å². The van der Waals surface area contributed by atoms with Crippen LogP contribution in [0.15, 0.2) is 47.1 Å². The van der Waals surface area contributed by atoms with Crippen LogP contribution in [0, 0.1) is 6.92 Å². The number of nitrogens with zero attached hydrogens (tertiary/aromatic N) is 1. The van der Waals surface area contributed by atoms with Crippen LogP contribution in [0.1, 0.15) is 21.7 Å². The third-order valence-electron chi connectivity index (χ3n) is 3.05. The van der Waals surface area contributed by atoms with E-state index in [1.165, 1.54) is 0 Å². The van der Waals surface area contributed by atoms with Crippen LogP contribution in [-0.4, -0.2) is 10.8 Å². The normalized spacial score (nSPS) is 10.8. The Balaban J connectivity index is 2.16. The zero-order valence-corrected chi connectivity index (χ0v) is 10.9. The van der Waals surface area contributed by atoms with Gasteiger partial charge in [0.05, 0.1) is 0 Å². The molecule has 0 aliphatic rings. The second kappa shape index (κ2) is 4.52. The first-order valence-corrected chi connectivity index (χ1v) is 6.18. The van der Waals surface area contributed by atoms with Crippen LogP contribution in [0.3, 0.4) is 0 Å². The summed E-state index contributed by atoms with van der Waals surface area (Å²) in [5.74, 6) is 0.204. The molecule has 0 fully saturated rings. The van der Waals surface area contributed by atoms with Crippen molar-refractivity contribution in [2.45, 2.75) is 6.92 Å². The molecule has 0 N–H and O–H groups in total. The lowest BCUT2D eigenvalue weighted by atomic mass is 10.1. The average molecular weight is 272 g/mol. The monoisotopic (exact) mass is 271 g/mol. The Kier molecular flexibility index (Phi) is 2.84. The summed E-state index contributed by atoms with van der Waals surface area (Å²) in [7, 11) is 0. The quantitative estimate of drug-likeness (QED) is 0.661. The molecular formula is C15H10ClNO2. The SMILES string of the molecule is Cc1c(C(=O)c2ccncc2)oc2ccc(Cl)cc12. The number of hydrogen-bond acceptors (Lipinski definition) is 3. The fourth-order valence-electron chi connectivity index (χ4n) is 2.04. The zero-order valence-electron chi connectivity index (χ0n) is 10.2. The van der Waals surface area contributed by atoms with E-state index in [2.05, 4.69) is 4.98 Å².